The Morgan fingerprint density at radius 2 is 1.20 bits per heavy atom. The summed E-state index contributed by atoms with van der Waals surface area (Å²) in [5, 5.41) is 0. The first-order valence-corrected chi connectivity index (χ1v) is 12.8. The molecule has 0 amide bonds. The van der Waals surface area contributed by atoms with Gasteiger partial charge in [0.25, 0.3) is 0 Å². The van der Waals surface area contributed by atoms with Gasteiger partial charge in [-0.15, -0.1) is 0 Å². The van der Waals surface area contributed by atoms with E-state index in [1.807, 2.05) is 0 Å². The zero-order chi connectivity index (χ0) is 34.2. The van der Waals surface area contributed by atoms with Crippen molar-refractivity contribution in [1.29, 1.82) is 0 Å². The molecule has 3 rings (SSSR count). The average Bonchev–Trinajstić information content (AvgIpc) is 3.01. The highest BCUT2D eigenvalue weighted by atomic mass is 19.4. The number of rotatable bonds is 9. The molecule has 0 aromatic heterocycles. The molecular formula is C34H22F4O8. The van der Waals surface area contributed by atoms with E-state index in [1.165, 1.54) is 31.2 Å². The summed E-state index contributed by atoms with van der Waals surface area (Å²) in [6.07, 6.45) is -3.33. The van der Waals surface area contributed by atoms with Crippen LogP contribution in [0.4, 0.5) is 17.6 Å². The molecule has 0 aliphatic rings. The molecule has 46 heavy (non-hydrogen) atoms. The highest BCUT2D eigenvalue weighted by molar-refractivity contribution is 5.92. The van der Waals surface area contributed by atoms with Gasteiger partial charge in [0.2, 0.25) is 0 Å². The second kappa shape index (κ2) is 14.5. The molecule has 0 radical (unpaired) electrons. The summed E-state index contributed by atoms with van der Waals surface area (Å²) < 4.78 is 80.4. The van der Waals surface area contributed by atoms with Crippen molar-refractivity contribution in [2.45, 2.75) is 13.1 Å². The Labute approximate surface area is 259 Å². The molecule has 12 heteroatoms. The molecule has 0 saturated heterocycles. The van der Waals surface area contributed by atoms with Gasteiger partial charge in [0, 0.05) is 29.4 Å². The summed E-state index contributed by atoms with van der Waals surface area (Å²) in [7, 11) is 0. The van der Waals surface area contributed by atoms with Gasteiger partial charge >= 0.3 is 30.1 Å². The number of hydrogen-bond acceptors (Lipinski definition) is 8. The van der Waals surface area contributed by atoms with Gasteiger partial charge in [0.05, 0.1) is 11.1 Å². The van der Waals surface area contributed by atoms with Gasteiger partial charge < -0.3 is 18.9 Å². The summed E-state index contributed by atoms with van der Waals surface area (Å²) in [6.45, 7) is 14.5. The normalized spacial score (nSPS) is 10.4. The fourth-order valence-corrected chi connectivity index (χ4v) is 3.59. The minimum absolute atomic E-state index is 0.0608. The lowest BCUT2D eigenvalue weighted by Gasteiger charge is -2.22. The van der Waals surface area contributed by atoms with E-state index < -0.39 is 64.1 Å². The number of alkyl halides is 3. The van der Waals surface area contributed by atoms with Crippen molar-refractivity contribution in [3.05, 3.63) is 121 Å². The minimum Gasteiger partial charge on any atom is -0.423 e. The van der Waals surface area contributed by atoms with Gasteiger partial charge in [0.15, 0.2) is 17.3 Å². The van der Waals surface area contributed by atoms with Crippen LogP contribution in [0.1, 0.15) is 23.6 Å². The zero-order valence-electron chi connectivity index (χ0n) is 24.0. The van der Waals surface area contributed by atoms with Crippen LogP contribution >= 0.6 is 0 Å². The number of carbonyl (C=O) groups excluding carboxylic acids is 4. The number of ether oxygens (including phenoxy) is 4. The first-order chi connectivity index (χ1) is 21.7. The smallest absolute Gasteiger partial charge is 0.421 e. The fraction of sp³-hybridized carbons (Fsp3) is 0.0588. The van der Waals surface area contributed by atoms with Gasteiger partial charge in [-0.2, -0.15) is 13.2 Å². The second-order valence-corrected chi connectivity index (χ2v) is 8.94. The predicted molar refractivity (Wildman–Crippen MR) is 157 cm³/mol. The molecule has 234 valence electrons. The summed E-state index contributed by atoms with van der Waals surface area (Å²) in [5.41, 5.74) is -4.01. The molecule has 0 spiro atoms. The lowest BCUT2D eigenvalue weighted by atomic mass is 9.94. The molecular weight excluding hydrogens is 612 g/mol. The van der Waals surface area contributed by atoms with Crippen LogP contribution in [0.5, 0.6) is 23.0 Å². The van der Waals surface area contributed by atoms with Crippen molar-refractivity contribution in [2.24, 2.45) is 0 Å². The van der Waals surface area contributed by atoms with Crippen LogP contribution in [-0.2, 0) is 25.4 Å². The second-order valence-electron chi connectivity index (χ2n) is 8.94. The SMILES string of the molecule is C=CC(=O)Oc1ccc(-c2c(OC(=O)C=C)c(F)c(C#Cc3ccc(OC(=O)C(=C)C)cc3)c(C(F)(F)F)c2OC(=O)C=C)cc1. The quantitative estimate of drug-likeness (QED) is 0.0846. The van der Waals surface area contributed by atoms with Crippen LogP contribution in [0, 0.1) is 17.7 Å². The van der Waals surface area contributed by atoms with Crippen molar-refractivity contribution < 1.29 is 55.7 Å². The average molecular weight is 635 g/mol. The molecule has 0 N–H and O–H groups in total. The third kappa shape index (κ3) is 8.23. The molecule has 0 fully saturated rings. The van der Waals surface area contributed by atoms with Crippen LogP contribution in [0.2, 0.25) is 0 Å². The number of carbonyl (C=O) groups is 4. The van der Waals surface area contributed by atoms with Crippen molar-refractivity contribution in [2.75, 3.05) is 0 Å². The summed E-state index contributed by atoms with van der Waals surface area (Å²) in [6, 6.07) is 9.64. The van der Waals surface area contributed by atoms with E-state index in [-0.39, 0.29) is 28.2 Å². The van der Waals surface area contributed by atoms with E-state index in [9.17, 15) is 32.3 Å². The Kier molecular flexibility index (Phi) is 10.8. The maximum atomic E-state index is 16.2. The number of hydrogen-bond donors (Lipinski definition) is 0. The zero-order valence-corrected chi connectivity index (χ0v) is 24.0. The van der Waals surface area contributed by atoms with Crippen molar-refractivity contribution in [3.8, 4) is 46.0 Å². The molecule has 0 heterocycles. The Bertz CT molecular complexity index is 1820. The van der Waals surface area contributed by atoms with Crippen LogP contribution in [-0.4, -0.2) is 23.9 Å². The Balaban J connectivity index is 2.35. The van der Waals surface area contributed by atoms with E-state index in [4.69, 9.17) is 18.9 Å². The molecule has 8 nitrogen and oxygen atoms in total. The lowest BCUT2D eigenvalue weighted by Crippen LogP contribution is -2.18. The van der Waals surface area contributed by atoms with E-state index in [0.29, 0.717) is 12.2 Å². The molecule has 0 unspecified atom stereocenters. The molecule has 0 aliphatic heterocycles. The monoisotopic (exact) mass is 634 g/mol. The van der Waals surface area contributed by atoms with E-state index >= 15 is 4.39 Å². The Hall–Kier alpha value is -6.22. The number of halogens is 4. The number of benzene rings is 3. The van der Waals surface area contributed by atoms with Gasteiger partial charge in [0.1, 0.15) is 17.1 Å². The maximum absolute atomic E-state index is 16.2. The van der Waals surface area contributed by atoms with E-state index in [2.05, 4.69) is 38.2 Å². The largest absolute Gasteiger partial charge is 0.423 e. The van der Waals surface area contributed by atoms with Crippen LogP contribution in [0.25, 0.3) is 11.1 Å². The van der Waals surface area contributed by atoms with Gasteiger partial charge in [-0.3, -0.25) is 0 Å². The first-order valence-electron chi connectivity index (χ1n) is 12.8. The molecule has 3 aromatic carbocycles. The van der Waals surface area contributed by atoms with Crippen LogP contribution in [0.3, 0.4) is 0 Å². The lowest BCUT2D eigenvalue weighted by molar-refractivity contribution is -0.141. The third-order valence-corrected chi connectivity index (χ3v) is 5.65. The van der Waals surface area contributed by atoms with Gasteiger partial charge in [-0.1, -0.05) is 50.3 Å². The first kappa shape index (κ1) is 34.3. The molecule has 0 aliphatic carbocycles. The van der Waals surface area contributed by atoms with Gasteiger partial charge in [-0.05, 0) is 48.9 Å². The van der Waals surface area contributed by atoms with Crippen LogP contribution in [0.15, 0.2) is 98.6 Å². The van der Waals surface area contributed by atoms with Crippen molar-refractivity contribution >= 4 is 23.9 Å². The van der Waals surface area contributed by atoms with Crippen molar-refractivity contribution in [1.82, 2.24) is 0 Å². The summed E-state index contributed by atoms with van der Waals surface area (Å²) in [4.78, 5) is 47.8. The highest BCUT2D eigenvalue weighted by Gasteiger charge is 2.43. The summed E-state index contributed by atoms with van der Waals surface area (Å²) in [5.74, 6) is -3.78. The molecule has 0 atom stereocenters. The molecule has 0 bridgehead atoms. The van der Waals surface area contributed by atoms with Crippen molar-refractivity contribution in [3.63, 3.8) is 0 Å². The Morgan fingerprint density at radius 1 is 0.717 bits per heavy atom. The highest BCUT2D eigenvalue weighted by Crippen LogP contribution is 2.50. The maximum Gasteiger partial charge on any atom is 0.421 e. The Morgan fingerprint density at radius 3 is 1.70 bits per heavy atom. The van der Waals surface area contributed by atoms with Gasteiger partial charge in [-0.25, -0.2) is 23.6 Å². The van der Waals surface area contributed by atoms with Crippen LogP contribution < -0.4 is 18.9 Å². The molecule has 0 saturated carbocycles. The standard InChI is InChI=1S/C34H22F4O8/c1-6-25(39)43-22-16-12-21(13-17-22)28-31(45-26(40)7-2)29(34(36,37)38)24(30(35)32(28)46-27(41)8-3)18-11-20-9-14-23(15-10-20)44-33(42)19(4)5/h6-10,12-17H,1-4H2,5H3. The minimum atomic E-state index is -5.39. The third-order valence-electron chi connectivity index (χ3n) is 5.65. The predicted octanol–water partition coefficient (Wildman–Crippen LogP) is 6.67. The fourth-order valence-electron chi connectivity index (χ4n) is 3.59. The summed E-state index contributed by atoms with van der Waals surface area (Å²) >= 11 is 0. The molecule has 3 aromatic rings. The van der Waals surface area contributed by atoms with E-state index in [1.54, 1.807) is 0 Å². The number of esters is 4. The topological polar surface area (TPSA) is 105 Å². The van der Waals surface area contributed by atoms with E-state index in [0.717, 1.165) is 30.3 Å².